The Hall–Kier alpha value is -7.99. The van der Waals surface area contributed by atoms with Gasteiger partial charge in [-0.2, -0.15) is 0 Å². The van der Waals surface area contributed by atoms with E-state index in [4.69, 9.17) is 15.0 Å². The van der Waals surface area contributed by atoms with Crippen LogP contribution in [0.3, 0.4) is 0 Å². The molecule has 0 aliphatic carbocycles. The summed E-state index contributed by atoms with van der Waals surface area (Å²) in [6.07, 6.45) is 0. The first-order valence-electron chi connectivity index (χ1n) is 21.4. The SMILES string of the molecule is Cc1ccc2c3ccccc3n(-c3cc(-c4cccc([Si](c5ccccc5)(c5ccccc5)c5ccccc5)c4)ccc3-c3nc(-c4ccccc4)nc(-c4ccccc4)n3)c2c1. The second kappa shape index (κ2) is 16.1. The third-order valence-corrected chi connectivity index (χ3v) is 17.0. The third kappa shape index (κ3) is 6.76. The monoisotopic (exact) mass is 822 g/mol. The Bertz CT molecular complexity index is 3230. The number of para-hydroxylation sites is 1. The summed E-state index contributed by atoms with van der Waals surface area (Å²) in [7, 11) is -2.78. The van der Waals surface area contributed by atoms with Crippen LogP contribution in [0.25, 0.3) is 72.8 Å². The van der Waals surface area contributed by atoms with Crippen molar-refractivity contribution in [2.75, 3.05) is 0 Å². The molecule has 0 unspecified atom stereocenters. The lowest BCUT2D eigenvalue weighted by atomic mass is 10.0. The molecular formula is C58H42N4Si. The molecule has 0 bridgehead atoms. The predicted molar refractivity (Wildman–Crippen MR) is 264 cm³/mol. The van der Waals surface area contributed by atoms with Gasteiger partial charge in [0.25, 0.3) is 0 Å². The number of hydrogen-bond acceptors (Lipinski definition) is 3. The van der Waals surface area contributed by atoms with Gasteiger partial charge in [-0.05, 0) is 68.6 Å². The maximum Gasteiger partial charge on any atom is 0.179 e. The number of rotatable bonds is 9. The average molecular weight is 823 g/mol. The fourth-order valence-electron chi connectivity index (χ4n) is 9.35. The Morgan fingerprint density at radius 1 is 0.333 bits per heavy atom. The second-order valence-electron chi connectivity index (χ2n) is 16.1. The molecule has 0 saturated heterocycles. The molecule has 2 aromatic heterocycles. The van der Waals surface area contributed by atoms with Crippen molar-refractivity contribution in [3.63, 3.8) is 0 Å². The van der Waals surface area contributed by atoms with Crippen LogP contribution in [-0.4, -0.2) is 27.6 Å². The van der Waals surface area contributed by atoms with Crippen LogP contribution >= 0.6 is 0 Å². The van der Waals surface area contributed by atoms with E-state index in [1.807, 2.05) is 36.4 Å². The van der Waals surface area contributed by atoms with Gasteiger partial charge in [-0.25, -0.2) is 15.0 Å². The zero-order chi connectivity index (χ0) is 42.2. The van der Waals surface area contributed by atoms with Gasteiger partial charge in [0.05, 0.1) is 16.7 Å². The maximum absolute atomic E-state index is 5.27. The van der Waals surface area contributed by atoms with E-state index in [-0.39, 0.29) is 0 Å². The van der Waals surface area contributed by atoms with E-state index in [1.165, 1.54) is 37.1 Å². The molecule has 9 aromatic carbocycles. The molecule has 0 spiro atoms. The van der Waals surface area contributed by atoms with Crippen LogP contribution in [-0.2, 0) is 0 Å². The topological polar surface area (TPSA) is 43.6 Å². The van der Waals surface area contributed by atoms with Crippen molar-refractivity contribution in [2.24, 2.45) is 0 Å². The molecule has 0 atom stereocenters. The Kier molecular flexibility index (Phi) is 9.72. The first kappa shape index (κ1) is 38.0. The predicted octanol–water partition coefficient (Wildman–Crippen LogP) is 11.3. The summed E-state index contributed by atoms with van der Waals surface area (Å²) >= 11 is 0. The molecule has 5 heteroatoms. The molecule has 0 fully saturated rings. The first-order chi connectivity index (χ1) is 31.1. The fraction of sp³-hybridized carbons (Fsp3) is 0.0172. The quantitative estimate of drug-likeness (QED) is 0.108. The molecule has 4 nitrogen and oxygen atoms in total. The molecule has 63 heavy (non-hydrogen) atoms. The van der Waals surface area contributed by atoms with Crippen LogP contribution in [0.4, 0.5) is 0 Å². The number of aromatic nitrogens is 4. The fourth-order valence-corrected chi connectivity index (χ4v) is 14.1. The largest absolute Gasteiger partial charge is 0.308 e. The summed E-state index contributed by atoms with van der Waals surface area (Å²) in [6, 6.07) is 85.2. The minimum absolute atomic E-state index is 0.611. The first-order valence-corrected chi connectivity index (χ1v) is 23.4. The van der Waals surface area contributed by atoms with Gasteiger partial charge in [0.2, 0.25) is 0 Å². The van der Waals surface area contributed by atoms with Crippen molar-refractivity contribution in [1.82, 2.24) is 19.5 Å². The van der Waals surface area contributed by atoms with E-state index in [0.717, 1.165) is 44.5 Å². The number of hydrogen-bond donors (Lipinski definition) is 0. The van der Waals surface area contributed by atoms with E-state index in [2.05, 4.69) is 212 Å². The molecule has 11 aromatic rings. The van der Waals surface area contributed by atoms with Crippen molar-refractivity contribution in [3.8, 4) is 51.0 Å². The smallest absolute Gasteiger partial charge is 0.179 e. The van der Waals surface area contributed by atoms with E-state index in [1.54, 1.807) is 0 Å². The van der Waals surface area contributed by atoms with Crippen LogP contribution in [0, 0.1) is 6.92 Å². The number of nitrogens with zero attached hydrogens (tertiary/aromatic N) is 4. The van der Waals surface area contributed by atoms with Crippen LogP contribution in [0.2, 0.25) is 0 Å². The summed E-state index contributed by atoms with van der Waals surface area (Å²) < 4.78 is 2.41. The van der Waals surface area contributed by atoms with Crippen molar-refractivity contribution in [2.45, 2.75) is 6.92 Å². The van der Waals surface area contributed by atoms with Gasteiger partial charge in [0.15, 0.2) is 25.5 Å². The number of fused-ring (bicyclic) bond motifs is 3. The summed E-state index contributed by atoms with van der Waals surface area (Å²) in [5, 5.41) is 7.74. The normalized spacial score (nSPS) is 11.6. The van der Waals surface area contributed by atoms with E-state index < -0.39 is 8.07 Å². The highest BCUT2D eigenvalue weighted by Gasteiger charge is 2.41. The van der Waals surface area contributed by atoms with Crippen LogP contribution in [0.5, 0.6) is 0 Å². The number of benzene rings is 9. The van der Waals surface area contributed by atoms with Crippen molar-refractivity contribution < 1.29 is 0 Å². The van der Waals surface area contributed by atoms with Crippen molar-refractivity contribution in [1.29, 1.82) is 0 Å². The minimum atomic E-state index is -2.78. The number of aryl methyl sites for hydroxylation is 1. The van der Waals surface area contributed by atoms with Crippen molar-refractivity contribution in [3.05, 3.63) is 242 Å². The zero-order valence-corrected chi connectivity index (χ0v) is 35.8. The van der Waals surface area contributed by atoms with Crippen LogP contribution in [0.15, 0.2) is 237 Å². The molecule has 2 heterocycles. The highest BCUT2D eigenvalue weighted by molar-refractivity contribution is 7.19. The Morgan fingerprint density at radius 3 is 1.38 bits per heavy atom. The van der Waals surface area contributed by atoms with Gasteiger partial charge in [-0.15, -0.1) is 0 Å². The molecule has 11 rings (SSSR count). The molecule has 0 aliphatic rings. The standard InChI is InChI=1S/C58H42N4Si/c1-41-34-36-51-50-32-17-18-33-53(50)62(54(51)38-41)55-40-45(35-37-52(55)58-60-56(42-20-7-2-8-21-42)59-57(61-58)43-22-9-3-10-23-43)44-24-19-31-49(39-44)63(46-25-11-4-12-26-46,47-27-13-5-14-28-47)48-29-15-6-16-30-48/h2-40H,1H3. The van der Waals surface area contributed by atoms with Gasteiger partial charge < -0.3 is 4.57 Å². The van der Waals surface area contributed by atoms with Gasteiger partial charge in [-0.1, -0.05) is 212 Å². The van der Waals surface area contributed by atoms with Gasteiger partial charge in [0.1, 0.15) is 0 Å². The lowest BCUT2D eigenvalue weighted by Gasteiger charge is -2.34. The summed E-state index contributed by atoms with van der Waals surface area (Å²) in [5.74, 6) is 1.87. The Labute approximate surface area is 368 Å². The van der Waals surface area contributed by atoms with E-state index in [9.17, 15) is 0 Å². The van der Waals surface area contributed by atoms with Gasteiger partial charge in [0, 0.05) is 27.5 Å². The average Bonchev–Trinajstić information content (AvgIpc) is 3.68. The molecule has 0 N–H and O–H groups in total. The summed E-state index contributed by atoms with van der Waals surface area (Å²) in [4.78, 5) is 15.6. The van der Waals surface area contributed by atoms with E-state index >= 15 is 0 Å². The highest BCUT2D eigenvalue weighted by Crippen LogP contribution is 2.38. The van der Waals surface area contributed by atoms with E-state index in [0.29, 0.717) is 17.5 Å². The van der Waals surface area contributed by atoms with Crippen molar-refractivity contribution >= 4 is 50.6 Å². The third-order valence-electron chi connectivity index (χ3n) is 12.3. The zero-order valence-electron chi connectivity index (χ0n) is 34.8. The molecule has 0 aliphatic heterocycles. The molecule has 0 amide bonds. The molecule has 0 saturated carbocycles. The molecule has 298 valence electrons. The lowest BCUT2D eigenvalue weighted by molar-refractivity contribution is 1.06. The summed E-state index contributed by atoms with van der Waals surface area (Å²) in [6.45, 7) is 2.16. The van der Waals surface area contributed by atoms with Crippen LogP contribution < -0.4 is 20.7 Å². The molecule has 0 radical (unpaired) electrons. The van der Waals surface area contributed by atoms with Gasteiger partial charge >= 0.3 is 0 Å². The lowest BCUT2D eigenvalue weighted by Crippen LogP contribution is -2.74. The van der Waals surface area contributed by atoms with Gasteiger partial charge in [-0.3, -0.25) is 0 Å². The highest BCUT2D eigenvalue weighted by atomic mass is 28.3. The van der Waals surface area contributed by atoms with Crippen LogP contribution in [0.1, 0.15) is 5.56 Å². The Morgan fingerprint density at radius 2 is 0.794 bits per heavy atom. The maximum atomic E-state index is 5.27. The summed E-state index contributed by atoms with van der Waals surface area (Å²) in [5.41, 5.74) is 9.47. The second-order valence-corrected chi connectivity index (χ2v) is 19.9. The minimum Gasteiger partial charge on any atom is -0.308 e. The molecular weight excluding hydrogens is 781 g/mol. The Balaban J connectivity index is 1.19.